The van der Waals surface area contributed by atoms with Gasteiger partial charge in [-0.2, -0.15) is 5.26 Å². The molecule has 2 rings (SSSR count). The van der Waals surface area contributed by atoms with Gasteiger partial charge in [-0.3, -0.25) is 4.79 Å². The van der Waals surface area contributed by atoms with Gasteiger partial charge in [-0.05, 0) is 38.9 Å². The van der Waals surface area contributed by atoms with Crippen molar-refractivity contribution in [3.63, 3.8) is 0 Å². The van der Waals surface area contributed by atoms with Gasteiger partial charge >= 0.3 is 5.97 Å². The Balaban J connectivity index is 2.23. The zero-order valence-electron chi connectivity index (χ0n) is 12.6. The van der Waals surface area contributed by atoms with Gasteiger partial charge in [0.05, 0.1) is 12.0 Å². The molecular formula is C15H21N3O2S. The summed E-state index contributed by atoms with van der Waals surface area (Å²) >= 11 is 1.68. The highest BCUT2D eigenvalue weighted by Crippen LogP contribution is 2.40. The minimum Gasteiger partial charge on any atom is -0.481 e. The van der Waals surface area contributed by atoms with E-state index in [2.05, 4.69) is 15.9 Å². The minimum absolute atomic E-state index is 0.0981. The van der Waals surface area contributed by atoms with Crippen LogP contribution in [0.3, 0.4) is 0 Å². The number of carboxylic acids is 1. The molecule has 0 amide bonds. The SMILES string of the molecule is CN(C)CCN(CCC(=O)O)c1sc2c(c1C#N)CCC2. The van der Waals surface area contributed by atoms with Crippen LogP contribution in [-0.4, -0.2) is 49.7 Å². The maximum Gasteiger partial charge on any atom is 0.305 e. The molecule has 0 saturated heterocycles. The van der Waals surface area contributed by atoms with Crippen LogP contribution >= 0.6 is 11.3 Å². The number of hydrogen-bond donors (Lipinski definition) is 1. The average Bonchev–Trinajstić information content (AvgIpc) is 2.98. The van der Waals surface area contributed by atoms with Gasteiger partial charge in [-0.1, -0.05) is 0 Å². The molecule has 1 aliphatic carbocycles. The second-order valence-corrected chi connectivity index (χ2v) is 6.67. The molecule has 6 heteroatoms. The zero-order valence-corrected chi connectivity index (χ0v) is 13.4. The smallest absolute Gasteiger partial charge is 0.305 e. The lowest BCUT2D eigenvalue weighted by molar-refractivity contribution is -0.136. The topological polar surface area (TPSA) is 67.6 Å². The first kappa shape index (κ1) is 15.8. The first-order valence-electron chi connectivity index (χ1n) is 7.19. The van der Waals surface area contributed by atoms with Crippen molar-refractivity contribution >= 4 is 22.3 Å². The number of likely N-dealkylation sites (N-methyl/N-ethyl adjacent to an activating group) is 1. The maximum absolute atomic E-state index is 10.9. The van der Waals surface area contributed by atoms with Gasteiger partial charge in [0.2, 0.25) is 0 Å². The summed E-state index contributed by atoms with van der Waals surface area (Å²) in [6, 6.07) is 2.34. The normalized spacial score (nSPS) is 13.2. The molecule has 1 aliphatic rings. The Kier molecular flexibility index (Phi) is 5.21. The van der Waals surface area contributed by atoms with E-state index >= 15 is 0 Å². The number of fused-ring (bicyclic) bond motifs is 1. The van der Waals surface area contributed by atoms with Crippen molar-refractivity contribution in [2.75, 3.05) is 38.6 Å². The monoisotopic (exact) mass is 307 g/mol. The zero-order chi connectivity index (χ0) is 15.4. The first-order valence-corrected chi connectivity index (χ1v) is 8.00. The van der Waals surface area contributed by atoms with Crippen LogP contribution in [0.25, 0.3) is 0 Å². The van der Waals surface area contributed by atoms with E-state index in [0.717, 1.165) is 42.9 Å². The van der Waals surface area contributed by atoms with E-state index in [4.69, 9.17) is 5.11 Å². The van der Waals surface area contributed by atoms with Crippen molar-refractivity contribution in [1.29, 1.82) is 5.26 Å². The highest BCUT2D eigenvalue weighted by molar-refractivity contribution is 7.16. The van der Waals surface area contributed by atoms with E-state index in [1.54, 1.807) is 11.3 Å². The van der Waals surface area contributed by atoms with Crippen LogP contribution in [0.1, 0.15) is 28.8 Å². The van der Waals surface area contributed by atoms with Gasteiger partial charge in [0.25, 0.3) is 0 Å². The fourth-order valence-electron chi connectivity index (χ4n) is 2.59. The summed E-state index contributed by atoms with van der Waals surface area (Å²) in [4.78, 5) is 16.3. The molecule has 0 radical (unpaired) electrons. The molecule has 1 heterocycles. The Labute approximate surface area is 129 Å². The van der Waals surface area contributed by atoms with E-state index in [1.165, 1.54) is 10.4 Å². The summed E-state index contributed by atoms with van der Waals surface area (Å²) in [6.45, 7) is 2.04. The van der Waals surface area contributed by atoms with Crippen LogP contribution in [0, 0.1) is 11.3 Å². The number of carboxylic acid groups (broad SMARTS) is 1. The van der Waals surface area contributed by atoms with Crippen LogP contribution < -0.4 is 4.90 Å². The predicted molar refractivity (Wildman–Crippen MR) is 84.1 cm³/mol. The van der Waals surface area contributed by atoms with Crippen LogP contribution in [-0.2, 0) is 17.6 Å². The predicted octanol–water partition coefficient (Wildman–Crippen LogP) is 1.95. The van der Waals surface area contributed by atoms with Crippen molar-refractivity contribution in [2.24, 2.45) is 0 Å². The molecule has 0 aliphatic heterocycles. The Morgan fingerprint density at radius 1 is 1.33 bits per heavy atom. The van der Waals surface area contributed by atoms with E-state index in [1.807, 2.05) is 14.1 Å². The van der Waals surface area contributed by atoms with Crippen LogP contribution in [0.4, 0.5) is 5.00 Å². The molecule has 5 nitrogen and oxygen atoms in total. The molecule has 0 bridgehead atoms. The molecule has 1 aromatic rings. The van der Waals surface area contributed by atoms with E-state index in [9.17, 15) is 10.1 Å². The second kappa shape index (κ2) is 6.92. The van der Waals surface area contributed by atoms with Crippen molar-refractivity contribution in [1.82, 2.24) is 4.90 Å². The molecule has 1 aromatic heterocycles. The van der Waals surface area contributed by atoms with Gasteiger partial charge < -0.3 is 14.9 Å². The summed E-state index contributed by atoms with van der Waals surface area (Å²) in [5.74, 6) is -0.799. The lowest BCUT2D eigenvalue weighted by atomic mass is 10.1. The number of rotatable bonds is 7. The third-order valence-corrected chi connectivity index (χ3v) is 5.07. The third-order valence-electron chi connectivity index (χ3n) is 3.71. The summed E-state index contributed by atoms with van der Waals surface area (Å²) in [5.41, 5.74) is 1.97. The second-order valence-electron chi connectivity index (χ2n) is 5.58. The highest BCUT2D eigenvalue weighted by atomic mass is 32.1. The van der Waals surface area contributed by atoms with Crippen molar-refractivity contribution in [3.05, 3.63) is 16.0 Å². The van der Waals surface area contributed by atoms with Crippen LogP contribution in [0.15, 0.2) is 0 Å². The summed E-state index contributed by atoms with van der Waals surface area (Å²) in [6.07, 6.45) is 3.26. The van der Waals surface area contributed by atoms with Crippen molar-refractivity contribution in [3.8, 4) is 6.07 Å². The Morgan fingerprint density at radius 2 is 2.10 bits per heavy atom. The highest BCUT2D eigenvalue weighted by Gasteiger charge is 2.25. The molecule has 0 unspecified atom stereocenters. The molecule has 0 fully saturated rings. The number of aliphatic carboxylic acids is 1. The average molecular weight is 307 g/mol. The summed E-state index contributed by atoms with van der Waals surface area (Å²) in [5, 5.41) is 19.4. The number of nitriles is 1. The number of carbonyl (C=O) groups is 1. The number of hydrogen-bond acceptors (Lipinski definition) is 5. The van der Waals surface area contributed by atoms with E-state index < -0.39 is 5.97 Å². The number of aryl methyl sites for hydroxylation is 1. The fraction of sp³-hybridized carbons (Fsp3) is 0.600. The minimum atomic E-state index is -0.799. The maximum atomic E-state index is 10.9. The summed E-state index contributed by atoms with van der Waals surface area (Å²) in [7, 11) is 3.99. The Hall–Kier alpha value is -1.58. The van der Waals surface area contributed by atoms with Crippen LogP contribution in [0.5, 0.6) is 0 Å². The van der Waals surface area contributed by atoms with Gasteiger partial charge in [0, 0.05) is 24.5 Å². The lowest BCUT2D eigenvalue weighted by Gasteiger charge is -2.25. The molecule has 0 atom stereocenters. The first-order chi connectivity index (χ1) is 10.0. The Bertz CT molecular complexity index is 560. The molecular weight excluding hydrogens is 286 g/mol. The summed E-state index contributed by atoms with van der Waals surface area (Å²) < 4.78 is 0. The molecule has 1 N–H and O–H groups in total. The molecule has 0 spiro atoms. The Morgan fingerprint density at radius 3 is 2.71 bits per heavy atom. The number of thiophene rings is 1. The van der Waals surface area contributed by atoms with Gasteiger partial charge in [-0.25, -0.2) is 0 Å². The van der Waals surface area contributed by atoms with Gasteiger partial charge in [0.15, 0.2) is 0 Å². The van der Waals surface area contributed by atoms with E-state index in [-0.39, 0.29) is 6.42 Å². The lowest BCUT2D eigenvalue weighted by Crippen LogP contribution is -2.33. The largest absolute Gasteiger partial charge is 0.481 e. The third kappa shape index (κ3) is 3.74. The van der Waals surface area contributed by atoms with Crippen molar-refractivity contribution < 1.29 is 9.90 Å². The molecule has 0 aromatic carbocycles. The standard InChI is InChI=1S/C15H21N3O2S/c1-17(2)8-9-18(7-6-14(19)20)15-12(10-16)11-4-3-5-13(11)21-15/h3-9H2,1-2H3,(H,19,20). The van der Waals surface area contributed by atoms with Gasteiger partial charge in [0.1, 0.15) is 11.1 Å². The quantitative estimate of drug-likeness (QED) is 0.834. The van der Waals surface area contributed by atoms with E-state index in [0.29, 0.717) is 6.54 Å². The molecule has 114 valence electrons. The number of nitrogens with zero attached hydrogens (tertiary/aromatic N) is 3. The molecule has 21 heavy (non-hydrogen) atoms. The van der Waals surface area contributed by atoms with Crippen LogP contribution in [0.2, 0.25) is 0 Å². The van der Waals surface area contributed by atoms with Crippen molar-refractivity contribution in [2.45, 2.75) is 25.7 Å². The van der Waals surface area contributed by atoms with Gasteiger partial charge in [-0.15, -0.1) is 11.3 Å². The number of anilines is 1. The fourth-order valence-corrected chi connectivity index (χ4v) is 3.98. The molecule has 0 saturated carbocycles.